The van der Waals surface area contributed by atoms with E-state index >= 15 is 0 Å². The largest absolute Gasteiger partial charge is 0.393 e. The fourth-order valence-electron chi connectivity index (χ4n) is 2.69. The fourth-order valence-corrected chi connectivity index (χ4v) is 2.69. The second kappa shape index (κ2) is 8.00. The lowest BCUT2D eigenvalue weighted by Crippen LogP contribution is -2.55. The van der Waals surface area contributed by atoms with Crippen molar-refractivity contribution < 1.29 is 29.6 Å². The van der Waals surface area contributed by atoms with Crippen LogP contribution < -0.4 is 21.9 Å². The van der Waals surface area contributed by atoms with E-state index in [1.54, 1.807) is 0 Å². The number of carbonyl (C=O) groups excluding carboxylic acids is 2. The van der Waals surface area contributed by atoms with E-state index in [9.17, 15) is 34.5 Å². The summed E-state index contributed by atoms with van der Waals surface area (Å²) in [5.74, 6) is -1.02. The third-order valence-electron chi connectivity index (χ3n) is 4.28. The quantitative estimate of drug-likeness (QED) is 0.286. The first-order valence-corrected chi connectivity index (χ1v) is 8.09. The maximum atomic E-state index is 12.0. The lowest BCUT2D eigenvalue weighted by atomic mass is 9.96. The minimum Gasteiger partial charge on any atom is -0.393 e. The van der Waals surface area contributed by atoms with Gasteiger partial charge in [0.1, 0.15) is 17.8 Å². The van der Waals surface area contributed by atoms with E-state index in [0.717, 1.165) is 10.8 Å². The Kier molecular flexibility index (Phi) is 6.15. The van der Waals surface area contributed by atoms with Crippen LogP contribution in [0.2, 0.25) is 0 Å². The Morgan fingerprint density at radius 2 is 2.00 bits per heavy atom. The van der Waals surface area contributed by atoms with E-state index in [1.807, 2.05) is 4.98 Å². The first kappa shape index (κ1) is 20.8. The van der Waals surface area contributed by atoms with Gasteiger partial charge in [-0.3, -0.25) is 23.9 Å². The second-order valence-corrected chi connectivity index (χ2v) is 6.33. The number of H-pyrrole nitrogens is 1. The molecule has 2 heterocycles. The van der Waals surface area contributed by atoms with Crippen LogP contribution >= 0.6 is 0 Å². The Labute approximate surface area is 152 Å². The van der Waals surface area contributed by atoms with Gasteiger partial charge in [0, 0.05) is 18.7 Å². The number of aliphatic hydroxyl groups excluding tert-OH is 3. The predicted molar refractivity (Wildman–Crippen MR) is 89.7 cm³/mol. The van der Waals surface area contributed by atoms with E-state index in [-0.39, 0.29) is 12.1 Å². The highest BCUT2D eigenvalue weighted by Crippen LogP contribution is 2.36. The summed E-state index contributed by atoms with van der Waals surface area (Å²) >= 11 is 0. The van der Waals surface area contributed by atoms with E-state index in [2.05, 4.69) is 10.6 Å². The molecule has 6 N–H and O–H groups in total. The highest BCUT2D eigenvalue weighted by atomic mass is 16.6. The number of hydrogen-bond acceptors (Lipinski definition) is 8. The molecule has 4 atom stereocenters. The molecule has 1 aromatic heterocycles. The van der Waals surface area contributed by atoms with Crippen LogP contribution in [0.3, 0.4) is 0 Å². The molecule has 1 fully saturated rings. The smallest absolute Gasteiger partial charge is 0.330 e. The molecule has 0 spiro atoms. The molecule has 0 aliphatic carbocycles. The number of aromatic amines is 1. The van der Waals surface area contributed by atoms with Gasteiger partial charge in [0.25, 0.3) is 5.56 Å². The average molecular weight is 386 g/mol. The Hall–Kier alpha value is -2.54. The first-order chi connectivity index (χ1) is 12.6. The molecule has 0 aromatic carbocycles. The number of rotatable bonds is 6. The third-order valence-corrected chi connectivity index (χ3v) is 4.28. The summed E-state index contributed by atoms with van der Waals surface area (Å²) in [7, 11) is 0. The van der Waals surface area contributed by atoms with E-state index in [4.69, 9.17) is 4.74 Å². The van der Waals surface area contributed by atoms with Crippen molar-refractivity contribution in [3.8, 4) is 0 Å². The molecule has 27 heavy (non-hydrogen) atoms. The van der Waals surface area contributed by atoms with E-state index in [1.165, 1.54) is 13.8 Å². The number of hydrogen-bond donors (Lipinski definition) is 6. The van der Waals surface area contributed by atoms with Gasteiger partial charge in [-0.1, -0.05) is 0 Å². The molecule has 0 bridgehead atoms. The van der Waals surface area contributed by atoms with Crippen LogP contribution in [-0.4, -0.2) is 74.2 Å². The summed E-state index contributed by atoms with van der Waals surface area (Å²) in [6.45, 7) is 1.18. The molecule has 12 heteroatoms. The van der Waals surface area contributed by atoms with Gasteiger partial charge in [0.2, 0.25) is 11.8 Å². The lowest BCUT2D eigenvalue weighted by molar-refractivity contribution is -0.136. The van der Waals surface area contributed by atoms with E-state index < -0.39 is 60.3 Å². The molecule has 1 saturated heterocycles. The molecule has 0 radical (unpaired) electrons. The van der Waals surface area contributed by atoms with Gasteiger partial charge in [-0.05, 0) is 6.92 Å². The van der Waals surface area contributed by atoms with Crippen molar-refractivity contribution in [2.24, 2.45) is 0 Å². The normalized spacial score (nSPS) is 27.4. The summed E-state index contributed by atoms with van der Waals surface area (Å²) in [5.41, 5.74) is -3.10. The standard InChI is InChI=1S/C15H22N4O8/c1-7-4-19(14(26)18-12(7)25)13-10(23)11(24)15(6-20,27-13)5-17-9(22)3-16-8(2)21/h4,10-11,13,20,23-24H,3,5-6H2,1-2H3,(H,16,21)(H,17,22)(H,18,25,26)/t10?,11?,13-,15-/m1/s1. The molecule has 2 unspecified atom stereocenters. The maximum absolute atomic E-state index is 12.0. The van der Waals surface area contributed by atoms with Crippen LogP contribution in [0.15, 0.2) is 15.8 Å². The fraction of sp³-hybridized carbons (Fsp3) is 0.600. The predicted octanol–water partition coefficient (Wildman–Crippen LogP) is -3.92. The molecule has 1 aromatic rings. The summed E-state index contributed by atoms with van der Waals surface area (Å²) in [5, 5.41) is 35.0. The van der Waals surface area contributed by atoms with Crippen molar-refractivity contribution >= 4 is 11.8 Å². The molecule has 2 amide bonds. The minimum absolute atomic E-state index is 0.171. The zero-order valence-corrected chi connectivity index (χ0v) is 14.8. The number of ether oxygens (including phenoxy) is 1. The van der Waals surface area contributed by atoms with Crippen LogP contribution in [0.4, 0.5) is 0 Å². The second-order valence-electron chi connectivity index (χ2n) is 6.33. The zero-order chi connectivity index (χ0) is 20.4. The number of nitrogens with zero attached hydrogens (tertiary/aromatic N) is 1. The van der Waals surface area contributed by atoms with Gasteiger partial charge in [-0.25, -0.2) is 4.79 Å². The molecule has 0 saturated carbocycles. The van der Waals surface area contributed by atoms with Gasteiger partial charge in [-0.2, -0.15) is 0 Å². The number of aliphatic hydroxyl groups is 3. The van der Waals surface area contributed by atoms with Gasteiger partial charge in [-0.15, -0.1) is 0 Å². The van der Waals surface area contributed by atoms with Gasteiger partial charge in [0.15, 0.2) is 6.23 Å². The zero-order valence-electron chi connectivity index (χ0n) is 14.8. The highest BCUT2D eigenvalue weighted by Gasteiger charge is 2.55. The molecular formula is C15H22N4O8. The van der Waals surface area contributed by atoms with Crippen molar-refractivity contribution in [3.63, 3.8) is 0 Å². The summed E-state index contributed by atoms with van der Waals surface area (Å²) in [6, 6.07) is 0. The van der Waals surface area contributed by atoms with Crippen molar-refractivity contribution in [3.05, 3.63) is 32.6 Å². The topological polar surface area (TPSA) is 183 Å². The Bertz CT molecular complexity index is 834. The van der Waals surface area contributed by atoms with Gasteiger partial charge >= 0.3 is 5.69 Å². The Morgan fingerprint density at radius 3 is 2.59 bits per heavy atom. The Balaban J connectivity index is 2.21. The SMILES string of the molecule is CC(=O)NCC(=O)NC[C@]1(CO)O[C@@H](n2cc(C)c(=O)[nH]c2=O)C(O)C1O. The molecular weight excluding hydrogens is 364 g/mol. The number of carbonyl (C=O) groups is 2. The number of amides is 2. The summed E-state index contributed by atoms with van der Waals surface area (Å²) < 4.78 is 6.44. The van der Waals surface area contributed by atoms with Crippen molar-refractivity contribution in [2.75, 3.05) is 19.7 Å². The molecule has 150 valence electrons. The van der Waals surface area contributed by atoms with Crippen molar-refractivity contribution in [1.82, 2.24) is 20.2 Å². The van der Waals surface area contributed by atoms with Crippen LogP contribution in [0.5, 0.6) is 0 Å². The number of aryl methyl sites for hydroxylation is 1. The minimum atomic E-state index is -1.79. The van der Waals surface area contributed by atoms with Crippen LogP contribution in [0.25, 0.3) is 0 Å². The Morgan fingerprint density at radius 1 is 1.33 bits per heavy atom. The van der Waals surface area contributed by atoms with Gasteiger partial charge in [0.05, 0.1) is 19.7 Å². The number of aromatic nitrogens is 2. The van der Waals surface area contributed by atoms with Crippen LogP contribution in [0, 0.1) is 6.92 Å². The monoisotopic (exact) mass is 386 g/mol. The molecule has 12 nitrogen and oxygen atoms in total. The van der Waals surface area contributed by atoms with Gasteiger partial charge < -0.3 is 30.7 Å². The number of nitrogens with one attached hydrogen (secondary N) is 3. The highest BCUT2D eigenvalue weighted by molar-refractivity contribution is 5.83. The first-order valence-electron chi connectivity index (χ1n) is 8.09. The van der Waals surface area contributed by atoms with E-state index in [0.29, 0.717) is 0 Å². The van der Waals surface area contributed by atoms with Crippen molar-refractivity contribution in [2.45, 2.75) is 37.9 Å². The molecule has 1 aliphatic heterocycles. The van der Waals surface area contributed by atoms with Crippen LogP contribution in [0.1, 0.15) is 18.7 Å². The van der Waals surface area contributed by atoms with Crippen LogP contribution in [-0.2, 0) is 14.3 Å². The molecule has 1 aliphatic rings. The lowest BCUT2D eigenvalue weighted by Gasteiger charge is -2.30. The molecule has 2 rings (SSSR count). The average Bonchev–Trinajstić information content (AvgIpc) is 2.86. The van der Waals surface area contributed by atoms with Crippen molar-refractivity contribution in [1.29, 1.82) is 0 Å². The summed E-state index contributed by atoms with van der Waals surface area (Å²) in [4.78, 5) is 48.1. The summed E-state index contributed by atoms with van der Waals surface area (Å²) in [6.07, 6.45) is -3.51. The maximum Gasteiger partial charge on any atom is 0.330 e. The third kappa shape index (κ3) is 4.24.